The molecule has 11 atom stereocenters. The zero-order chi connectivity index (χ0) is 26.4. The number of carbonyl (C=O) groups excluding carboxylic acids is 3. The zero-order valence-electron chi connectivity index (χ0n) is 23.0. The van der Waals surface area contributed by atoms with Gasteiger partial charge in [-0.25, -0.2) is 0 Å². The summed E-state index contributed by atoms with van der Waals surface area (Å²) in [7, 11) is 1.43. The third-order valence-electron chi connectivity index (χ3n) is 11.2. The van der Waals surface area contributed by atoms with Crippen LogP contribution < -0.4 is 0 Å². The molecule has 204 valence electrons. The highest BCUT2D eigenvalue weighted by Crippen LogP contribution is 2.68. The van der Waals surface area contributed by atoms with Gasteiger partial charge in [0.2, 0.25) is 0 Å². The van der Waals surface area contributed by atoms with Gasteiger partial charge in [0.15, 0.2) is 0 Å². The van der Waals surface area contributed by atoms with E-state index in [1.807, 2.05) is 0 Å². The second-order valence-electron chi connectivity index (χ2n) is 12.8. The number of hydrogen-bond acceptors (Lipinski definition) is 7. The molecule has 36 heavy (non-hydrogen) atoms. The Morgan fingerprint density at radius 3 is 2.31 bits per heavy atom. The standard InChI is InChI=1S/C29H46O7/c1-16(7-10-26(33)34-6)21-8-9-22-27-23(15-25(32)29(21,22)5)28(4)12-11-20(35-17(2)30)13-19(28)14-24(27)36-18(3)31/h16,19-25,27,32H,7-15H2,1-6H3/t16-,19-,20+,21-,22+,23-,24+,25-,27+,28+,29+/m0/s1. The number of ether oxygens (including phenoxy) is 3. The van der Waals surface area contributed by atoms with Crippen LogP contribution in [0.3, 0.4) is 0 Å². The maximum Gasteiger partial charge on any atom is 0.305 e. The Balaban J connectivity index is 1.62. The van der Waals surface area contributed by atoms with Crippen LogP contribution >= 0.6 is 0 Å². The van der Waals surface area contributed by atoms with E-state index in [1.54, 1.807) is 0 Å². The predicted octanol–water partition coefficient (Wildman–Crippen LogP) is 4.68. The normalized spacial score (nSPS) is 44.4. The van der Waals surface area contributed by atoms with Crippen LogP contribution in [0, 0.1) is 46.3 Å². The van der Waals surface area contributed by atoms with Crippen LogP contribution in [-0.4, -0.2) is 48.4 Å². The maximum atomic E-state index is 12.2. The monoisotopic (exact) mass is 506 g/mol. The lowest BCUT2D eigenvalue weighted by Crippen LogP contribution is -2.63. The average molecular weight is 507 g/mol. The van der Waals surface area contributed by atoms with Gasteiger partial charge in [-0.15, -0.1) is 0 Å². The van der Waals surface area contributed by atoms with Crippen LogP contribution in [0.25, 0.3) is 0 Å². The van der Waals surface area contributed by atoms with Crippen molar-refractivity contribution < 1.29 is 33.7 Å². The van der Waals surface area contributed by atoms with Crippen LogP contribution in [0.5, 0.6) is 0 Å². The number of carbonyl (C=O) groups is 3. The maximum absolute atomic E-state index is 12.2. The van der Waals surface area contributed by atoms with Crippen molar-refractivity contribution in [1.82, 2.24) is 0 Å². The van der Waals surface area contributed by atoms with Gasteiger partial charge in [0.05, 0.1) is 13.2 Å². The van der Waals surface area contributed by atoms with E-state index >= 15 is 0 Å². The van der Waals surface area contributed by atoms with Crippen molar-refractivity contribution in [2.24, 2.45) is 46.3 Å². The van der Waals surface area contributed by atoms with Crippen LogP contribution in [0.15, 0.2) is 0 Å². The summed E-state index contributed by atoms with van der Waals surface area (Å²) in [6.07, 6.45) is 6.59. The van der Waals surface area contributed by atoms with Gasteiger partial charge in [0, 0.05) is 26.2 Å². The molecule has 0 aromatic carbocycles. The molecule has 4 saturated carbocycles. The Bertz CT molecular complexity index is 857. The summed E-state index contributed by atoms with van der Waals surface area (Å²) in [5.74, 6) is 0.965. The highest BCUT2D eigenvalue weighted by molar-refractivity contribution is 5.69. The lowest BCUT2D eigenvalue weighted by Gasteiger charge is -2.64. The fraction of sp³-hybridized carbons (Fsp3) is 0.897. The second-order valence-corrected chi connectivity index (χ2v) is 12.8. The SMILES string of the molecule is COC(=O)CC[C@H](C)[C@@H]1CC[C@@H]2[C@H]3[C@H](OC(C)=O)C[C@@H]4C[C@H](OC(C)=O)CC[C@@]4(C)[C@H]3C[C@H](O)[C@@]21C. The molecule has 0 heterocycles. The lowest BCUT2D eigenvalue weighted by molar-refractivity contribution is -0.218. The molecule has 1 N–H and O–H groups in total. The largest absolute Gasteiger partial charge is 0.469 e. The summed E-state index contributed by atoms with van der Waals surface area (Å²) in [5.41, 5.74) is -0.248. The molecule has 7 nitrogen and oxygen atoms in total. The van der Waals surface area contributed by atoms with Crippen molar-refractivity contribution in [1.29, 1.82) is 0 Å². The van der Waals surface area contributed by atoms with Crippen molar-refractivity contribution in [3.05, 3.63) is 0 Å². The number of hydrogen-bond donors (Lipinski definition) is 1. The molecule has 4 aliphatic rings. The third-order valence-corrected chi connectivity index (χ3v) is 11.2. The Labute approximate surface area is 216 Å². The minimum Gasteiger partial charge on any atom is -0.469 e. The smallest absolute Gasteiger partial charge is 0.305 e. The van der Waals surface area contributed by atoms with Crippen molar-refractivity contribution in [2.45, 2.75) is 111 Å². The summed E-state index contributed by atoms with van der Waals surface area (Å²) >= 11 is 0. The predicted molar refractivity (Wildman–Crippen MR) is 134 cm³/mol. The van der Waals surface area contributed by atoms with Crippen LogP contribution in [0.4, 0.5) is 0 Å². The van der Waals surface area contributed by atoms with E-state index in [1.165, 1.54) is 21.0 Å². The lowest BCUT2D eigenvalue weighted by atomic mass is 9.43. The summed E-state index contributed by atoms with van der Waals surface area (Å²) in [5, 5.41) is 11.8. The molecule has 0 unspecified atom stereocenters. The molecule has 0 aliphatic heterocycles. The molecule has 4 aliphatic carbocycles. The number of esters is 3. The number of aliphatic hydroxyl groups excluding tert-OH is 1. The minimum atomic E-state index is -0.434. The van der Waals surface area contributed by atoms with Crippen LogP contribution in [0.1, 0.15) is 92.4 Å². The summed E-state index contributed by atoms with van der Waals surface area (Å²) in [4.78, 5) is 35.7. The fourth-order valence-electron chi connectivity index (χ4n) is 9.42. The highest BCUT2D eigenvalue weighted by atomic mass is 16.5. The van der Waals surface area contributed by atoms with Gasteiger partial charge < -0.3 is 19.3 Å². The van der Waals surface area contributed by atoms with Gasteiger partial charge in [-0.3, -0.25) is 14.4 Å². The third kappa shape index (κ3) is 4.69. The average Bonchev–Trinajstić information content (AvgIpc) is 3.16. The first kappa shape index (κ1) is 27.4. The van der Waals surface area contributed by atoms with Gasteiger partial charge in [0.1, 0.15) is 12.2 Å². The van der Waals surface area contributed by atoms with Crippen molar-refractivity contribution >= 4 is 17.9 Å². The quantitative estimate of drug-likeness (QED) is 0.412. The van der Waals surface area contributed by atoms with E-state index in [0.29, 0.717) is 24.7 Å². The van der Waals surface area contributed by atoms with E-state index in [2.05, 4.69) is 20.8 Å². The summed E-state index contributed by atoms with van der Waals surface area (Å²) < 4.78 is 16.5. The highest BCUT2D eigenvalue weighted by Gasteiger charge is 2.66. The fourth-order valence-corrected chi connectivity index (χ4v) is 9.42. The molecule has 7 heteroatoms. The van der Waals surface area contributed by atoms with Crippen molar-refractivity contribution in [3.63, 3.8) is 0 Å². The second kappa shape index (κ2) is 10.3. The Morgan fingerprint density at radius 1 is 0.972 bits per heavy atom. The molecule has 0 saturated heterocycles. The molecule has 0 aromatic rings. The molecular formula is C29H46O7. The first-order valence-corrected chi connectivity index (χ1v) is 14.0. The Hall–Kier alpha value is -1.63. The van der Waals surface area contributed by atoms with E-state index in [9.17, 15) is 19.5 Å². The van der Waals surface area contributed by atoms with Gasteiger partial charge in [0.25, 0.3) is 0 Å². The van der Waals surface area contributed by atoms with Gasteiger partial charge in [-0.2, -0.15) is 0 Å². The van der Waals surface area contributed by atoms with E-state index in [-0.39, 0.29) is 64.6 Å². The van der Waals surface area contributed by atoms with E-state index in [4.69, 9.17) is 14.2 Å². The molecule has 0 bridgehead atoms. The van der Waals surface area contributed by atoms with Gasteiger partial charge in [-0.05, 0) is 91.8 Å². The molecular weight excluding hydrogens is 460 g/mol. The van der Waals surface area contributed by atoms with E-state index < -0.39 is 6.10 Å². The molecule has 4 rings (SSSR count). The number of fused-ring (bicyclic) bond motifs is 5. The van der Waals surface area contributed by atoms with Crippen LogP contribution in [-0.2, 0) is 28.6 Å². The zero-order valence-corrected chi connectivity index (χ0v) is 23.0. The topological polar surface area (TPSA) is 99.1 Å². The van der Waals surface area contributed by atoms with Gasteiger partial charge in [-0.1, -0.05) is 20.8 Å². The Kier molecular flexibility index (Phi) is 7.81. The molecule has 0 aromatic heterocycles. The molecule has 0 spiro atoms. The first-order chi connectivity index (χ1) is 16.9. The van der Waals surface area contributed by atoms with Gasteiger partial charge >= 0.3 is 17.9 Å². The summed E-state index contributed by atoms with van der Waals surface area (Å²) in [6, 6.07) is 0. The minimum absolute atomic E-state index is 0.0227. The first-order valence-electron chi connectivity index (χ1n) is 14.0. The van der Waals surface area contributed by atoms with Crippen LogP contribution in [0.2, 0.25) is 0 Å². The number of rotatable bonds is 6. The molecule has 4 fully saturated rings. The molecule has 0 amide bonds. The Morgan fingerprint density at radius 2 is 1.67 bits per heavy atom. The summed E-state index contributed by atoms with van der Waals surface area (Å²) in [6.45, 7) is 9.78. The van der Waals surface area contributed by atoms with Crippen molar-refractivity contribution in [2.75, 3.05) is 7.11 Å². The van der Waals surface area contributed by atoms with E-state index in [0.717, 1.165) is 44.9 Å². The number of aliphatic hydroxyl groups is 1. The molecule has 0 radical (unpaired) electrons. The van der Waals surface area contributed by atoms with Crippen molar-refractivity contribution in [3.8, 4) is 0 Å². The number of methoxy groups -OCH3 is 1.